The highest BCUT2D eigenvalue weighted by Gasteiger charge is 2.16. The van der Waals surface area contributed by atoms with Gasteiger partial charge in [-0.25, -0.2) is 9.19 Å². The lowest BCUT2D eigenvalue weighted by atomic mass is 10.0. The van der Waals surface area contributed by atoms with Crippen LogP contribution in [0.4, 0.5) is 23.1 Å². The van der Waals surface area contributed by atoms with Crippen LogP contribution < -0.4 is 31.0 Å². The molecular weight excluding hydrogens is 552 g/mol. The first kappa shape index (κ1) is 29.0. The molecule has 214 valence electrons. The van der Waals surface area contributed by atoms with Gasteiger partial charge in [-0.1, -0.05) is 0 Å². The smallest absolute Gasteiger partial charge is 0.269 e. The number of nitro groups is 1. The summed E-state index contributed by atoms with van der Waals surface area (Å²) in [5.74, 6) is 1.70. The maximum atomic E-state index is 11.7. The molecule has 1 heterocycles. The molecule has 13 nitrogen and oxygen atoms in total. The molecule has 0 aliphatic heterocycles. The van der Waals surface area contributed by atoms with Crippen molar-refractivity contribution in [3.05, 3.63) is 82.0 Å². The van der Waals surface area contributed by atoms with Crippen molar-refractivity contribution in [1.82, 2.24) is 9.97 Å². The normalized spacial score (nSPS) is 11.5. The average molecular weight is 581 g/mol. The van der Waals surface area contributed by atoms with Gasteiger partial charge in [0.2, 0.25) is 11.7 Å². The molecule has 0 amide bonds. The number of hydrogen-bond acceptors (Lipinski definition) is 11. The van der Waals surface area contributed by atoms with Gasteiger partial charge in [0.1, 0.15) is 12.4 Å². The van der Waals surface area contributed by atoms with Gasteiger partial charge >= 0.3 is 0 Å². The third kappa shape index (κ3) is 6.98. The Labute approximate surface area is 237 Å². The Morgan fingerprint density at radius 3 is 2.32 bits per heavy atom. The van der Waals surface area contributed by atoms with Crippen LogP contribution in [0.15, 0.2) is 65.7 Å². The van der Waals surface area contributed by atoms with Gasteiger partial charge in [-0.3, -0.25) is 10.1 Å². The molecule has 4 rings (SSSR count). The van der Waals surface area contributed by atoms with Crippen molar-refractivity contribution in [2.75, 3.05) is 44.2 Å². The predicted molar refractivity (Wildman–Crippen MR) is 155 cm³/mol. The summed E-state index contributed by atoms with van der Waals surface area (Å²) in [5.41, 5.74) is 14.9. The van der Waals surface area contributed by atoms with Crippen LogP contribution in [-0.2, 0) is 17.5 Å². The number of rotatable bonds is 12. The number of ether oxygens (including phenoxy) is 3. The van der Waals surface area contributed by atoms with Gasteiger partial charge < -0.3 is 35.5 Å². The number of non-ortho nitro benzene ring substituents is 1. The number of nitrogen functional groups attached to an aromatic ring is 2. The summed E-state index contributed by atoms with van der Waals surface area (Å²) in [6, 6.07) is 14.3. The SMILES string of the molecule is COc1cc(Cc2cnc(N)nc2N)cc(OC)c1OCCNc1ccc(S(=O)O)cc1-c1ccc([N+](=O)[O-])cc1. The minimum atomic E-state index is -2.20. The fourth-order valence-corrected chi connectivity index (χ4v) is 4.50. The first-order valence-electron chi connectivity index (χ1n) is 12.2. The molecule has 1 aromatic heterocycles. The third-order valence-electron chi connectivity index (χ3n) is 6.08. The zero-order valence-electron chi connectivity index (χ0n) is 22.2. The van der Waals surface area contributed by atoms with Crippen LogP contribution in [0.3, 0.4) is 0 Å². The lowest BCUT2D eigenvalue weighted by Crippen LogP contribution is -2.13. The summed E-state index contributed by atoms with van der Waals surface area (Å²) < 4.78 is 38.4. The standard InChI is InChI=1S/C27H28N6O7S/c1-38-23-12-16(11-18-15-31-27(29)32-26(18)28)13-24(39-2)25(23)40-10-9-30-22-8-7-20(41(36)37)14-21(22)17-3-5-19(6-4-17)33(34)35/h3-8,12-15,30H,9-11H2,1-2H3,(H,36,37)(H4,28,29,31,32). The topological polar surface area (TPSA) is 198 Å². The fraction of sp³-hybridized carbons (Fsp3) is 0.185. The Balaban J connectivity index is 1.50. The Morgan fingerprint density at radius 2 is 1.73 bits per heavy atom. The van der Waals surface area contributed by atoms with Crippen molar-refractivity contribution < 1.29 is 27.9 Å². The largest absolute Gasteiger partial charge is 0.493 e. The summed E-state index contributed by atoms with van der Waals surface area (Å²) >= 11 is -2.20. The molecule has 1 unspecified atom stereocenters. The monoisotopic (exact) mass is 580 g/mol. The number of nitrogens with zero attached hydrogens (tertiary/aromatic N) is 3. The summed E-state index contributed by atoms with van der Waals surface area (Å²) in [4.78, 5) is 18.7. The molecule has 0 spiro atoms. The maximum Gasteiger partial charge on any atom is 0.269 e. The van der Waals surface area contributed by atoms with Gasteiger partial charge in [0, 0.05) is 48.1 Å². The van der Waals surface area contributed by atoms with Crippen LogP contribution in [0, 0.1) is 10.1 Å². The maximum absolute atomic E-state index is 11.7. The van der Waals surface area contributed by atoms with E-state index < -0.39 is 16.0 Å². The van der Waals surface area contributed by atoms with E-state index in [-0.39, 0.29) is 29.0 Å². The van der Waals surface area contributed by atoms with Gasteiger partial charge in [-0.05, 0) is 53.6 Å². The van der Waals surface area contributed by atoms with Crippen LogP contribution in [0.2, 0.25) is 0 Å². The van der Waals surface area contributed by atoms with E-state index in [0.717, 1.165) is 5.56 Å². The highest BCUT2D eigenvalue weighted by atomic mass is 32.2. The van der Waals surface area contributed by atoms with Crippen LogP contribution in [0.5, 0.6) is 17.2 Å². The number of nitro benzene ring substituents is 1. The van der Waals surface area contributed by atoms with Crippen LogP contribution in [0.1, 0.15) is 11.1 Å². The van der Waals surface area contributed by atoms with Crippen molar-refractivity contribution in [2.24, 2.45) is 0 Å². The first-order chi connectivity index (χ1) is 19.7. The minimum absolute atomic E-state index is 0.0577. The van der Waals surface area contributed by atoms with Crippen LogP contribution in [0.25, 0.3) is 11.1 Å². The molecule has 0 fully saturated rings. The van der Waals surface area contributed by atoms with Crippen LogP contribution >= 0.6 is 0 Å². The van der Waals surface area contributed by atoms with E-state index >= 15 is 0 Å². The molecule has 41 heavy (non-hydrogen) atoms. The number of methoxy groups -OCH3 is 2. The molecule has 6 N–H and O–H groups in total. The van der Waals surface area contributed by atoms with Crippen molar-refractivity contribution in [1.29, 1.82) is 0 Å². The molecule has 0 aliphatic rings. The molecule has 0 saturated carbocycles. The Kier molecular flexibility index (Phi) is 9.16. The number of nitrogens with two attached hydrogens (primary N) is 2. The zero-order chi connectivity index (χ0) is 29.5. The van der Waals surface area contributed by atoms with E-state index in [2.05, 4.69) is 15.3 Å². The zero-order valence-corrected chi connectivity index (χ0v) is 23.0. The van der Waals surface area contributed by atoms with Gasteiger partial charge in [0.15, 0.2) is 22.6 Å². The quantitative estimate of drug-likeness (QED) is 0.0817. The molecule has 0 aliphatic carbocycles. The van der Waals surface area contributed by atoms with Gasteiger partial charge in [-0.2, -0.15) is 4.98 Å². The predicted octanol–water partition coefficient (Wildman–Crippen LogP) is 3.90. The van der Waals surface area contributed by atoms with Crippen molar-refractivity contribution in [2.45, 2.75) is 11.3 Å². The summed E-state index contributed by atoms with van der Waals surface area (Å²) in [6.45, 7) is 0.549. The number of benzene rings is 3. The molecule has 0 bridgehead atoms. The van der Waals surface area contributed by atoms with E-state index in [9.17, 15) is 18.9 Å². The number of nitrogens with one attached hydrogen (secondary N) is 1. The lowest BCUT2D eigenvalue weighted by molar-refractivity contribution is -0.384. The number of aromatic nitrogens is 2. The second-order valence-corrected chi connectivity index (χ2v) is 9.65. The Hall–Kier alpha value is -4.95. The molecule has 14 heteroatoms. The molecule has 1 atom stereocenters. The minimum Gasteiger partial charge on any atom is -0.493 e. The second-order valence-electron chi connectivity index (χ2n) is 8.68. The highest BCUT2D eigenvalue weighted by Crippen LogP contribution is 2.39. The van der Waals surface area contributed by atoms with E-state index in [0.29, 0.717) is 52.6 Å². The van der Waals surface area contributed by atoms with E-state index in [1.165, 1.54) is 32.4 Å². The lowest BCUT2D eigenvalue weighted by Gasteiger charge is -2.18. The number of anilines is 3. The number of hydrogen-bond donors (Lipinski definition) is 4. The fourth-order valence-electron chi connectivity index (χ4n) is 4.10. The Morgan fingerprint density at radius 1 is 1.05 bits per heavy atom. The highest BCUT2D eigenvalue weighted by molar-refractivity contribution is 7.79. The molecule has 3 aromatic carbocycles. The van der Waals surface area contributed by atoms with E-state index in [1.807, 2.05) is 12.1 Å². The molecule has 4 aromatic rings. The Bertz CT molecular complexity index is 1560. The van der Waals surface area contributed by atoms with Crippen LogP contribution in [-0.4, -0.2) is 51.0 Å². The van der Waals surface area contributed by atoms with Crippen molar-refractivity contribution in [3.8, 4) is 28.4 Å². The molecule has 0 radical (unpaired) electrons. The summed E-state index contributed by atoms with van der Waals surface area (Å²) in [7, 11) is 3.04. The molecule has 0 saturated heterocycles. The van der Waals surface area contributed by atoms with Crippen molar-refractivity contribution >= 4 is 34.2 Å². The van der Waals surface area contributed by atoms with Gasteiger partial charge in [0.25, 0.3) is 5.69 Å². The molecular formula is C27H28N6O7S. The summed E-state index contributed by atoms with van der Waals surface area (Å²) in [5, 5.41) is 14.3. The first-order valence-corrected chi connectivity index (χ1v) is 13.3. The van der Waals surface area contributed by atoms with Crippen molar-refractivity contribution in [3.63, 3.8) is 0 Å². The third-order valence-corrected chi connectivity index (χ3v) is 6.73. The second kappa shape index (κ2) is 12.9. The summed E-state index contributed by atoms with van der Waals surface area (Å²) in [6.07, 6.45) is 1.99. The van der Waals surface area contributed by atoms with E-state index in [1.54, 1.807) is 30.5 Å². The average Bonchev–Trinajstić information content (AvgIpc) is 2.96. The van der Waals surface area contributed by atoms with Gasteiger partial charge in [0.05, 0.1) is 24.0 Å². The van der Waals surface area contributed by atoms with E-state index in [4.69, 9.17) is 25.7 Å². The van der Waals surface area contributed by atoms with Gasteiger partial charge in [-0.15, -0.1) is 0 Å².